The van der Waals surface area contributed by atoms with Crippen molar-refractivity contribution >= 4 is 13.5 Å². The second kappa shape index (κ2) is 15.4. The SMILES string of the molecule is CC(C)=CCC/C(C)=C/CC/C(C)=C/CC/C(C)=C/CNC(=O)CCP(=O)(O)O. The lowest BCUT2D eigenvalue weighted by Crippen LogP contribution is -2.24. The highest BCUT2D eigenvalue weighted by atomic mass is 31.2. The van der Waals surface area contributed by atoms with E-state index in [-0.39, 0.29) is 12.3 Å². The molecule has 0 bridgehead atoms. The van der Waals surface area contributed by atoms with Gasteiger partial charge in [0.15, 0.2) is 0 Å². The molecule has 0 atom stereocenters. The summed E-state index contributed by atoms with van der Waals surface area (Å²) in [5.74, 6) is -0.336. The summed E-state index contributed by atoms with van der Waals surface area (Å²) in [7, 11) is -4.11. The van der Waals surface area contributed by atoms with Crippen molar-refractivity contribution in [3.63, 3.8) is 0 Å². The van der Waals surface area contributed by atoms with Gasteiger partial charge in [-0.05, 0) is 73.1 Å². The van der Waals surface area contributed by atoms with E-state index in [1.54, 1.807) is 0 Å². The van der Waals surface area contributed by atoms with Crippen LogP contribution in [0.3, 0.4) is 0 Å². The lowest BCUT2D eigenvalue weighted by atomic mass is 10.0. The van der Waals surface area contributed by atoms with E-state index in [1.165, 1.54) is 22.3 Å². The molecule has 0 rings (SSSR count). The van der Waals surface area contributed by atoms with E-state index in [0.717, 1.165) is 38.5 Å². The molecule has 3 N–H and O–H groups in total. The molecule has 0 spiro atoms. The summed E-state index contributed by atoms with van der Waals surface area (Å²) < 4.78 is 10.7. The van der Waals surface area contributed by atoms with E-state index >= 15 is 0 Å². The summed E-state index contributed by atoms with van der Waals surface area (Å²) >= 11 is 0. The molecule has 0 aliphatic rings. The highest BCUT2D eigenvalue weighted by molar-refractivity contribution is 7.51. The molecule has 0 aromatic heterocycles. The molecule has 0 fully saturated rings. The van der Waals surface area contributed by atoms with Crippen LogP contribution in [0.25, 0.3) is 0 Å². The molecule has 5 nitrogen and oxygen atoms in total. The van der Waals surface area contributed by atoms with Gasteiger partial charge in [0.25, 0.3) is 0 Å². The average Bonchev–Trinajstić information content (AvgIpc) is 2.59. The number of allylic oxidation sites excluding steroid dienone is 7. The molecule has 166 valence electrons. The number of hydrogen-bond donors (Lipinski definition) is 3. The molecule has 0 heterocycles. The fourth-order valence-electron chi connectivity index (χ4n) is 2.66. The molecule has 0 aliphatic carbocycles. The van der Waals surface area contributed by atoms with Crippen LogP contribution >= 0.6 is 7.60 Å². The van der Waals surface area contributed by atoms with Crippen molar-refractivity contribution in [2.45, 2.75) is 79.6 Å². The summed E-state index contributed by atoms with van der Waals surface area (Å²) in [5, 5.41) is 2.66. The fraction of sp³-hybridized carbons (Fsp3) is 0.609. The third kappa shape index (κ3) is 19.7. The largest absolute Gasteiger partial charge is 0.353 e. The van der Waals surface area contributed by atoms with Crippen LogP contribution in [-0.4, -0.2) is 28.4 Å². The molecule has 0 aromatic rings. The van der Waals surface area contributed by atoms with Crippen molar-refractivity contribution in [1.29, 1.82) is 0 Å². The molecular weight excluding hydrogens is 385 g/mol. The van der Waals surface area contributed by atoms with Crippen LogP contribution in [-0.2, 0) is 9.36 Å². The van der Waals surface area contributed by atoms with Crippen LogP contribution < -0.4 is 5.32 Å². The first-order valence-corrected chi connectivity index (χ1v) is 12.2. The predicted molar refractivity (Wildman–Crippen MR) is 123 cm³/mol. The summed E-state index contributed by atoms with van der Waals surface area (Å²) in [6, 6.07) is 0. The zero-order chi connectivity index (χ0) is 22.3. The molecule has 0 aromatic carbocycles. The van der Waals surface area contributed by atoms with Crippen molar-refractivity contribution in [3.05, 3.63) is 46.6 Å². The Balaban J connectivity index is 4.05. The molecular formula is C23H40NO4P. The maximum absolute atomic E-state index is 11.5. The van der Waals surface area contributed by atoms with Crippen LogP contribution in [0.2, 0.25) is 0 Å². The maximum Gasteiger partial charge on any atom is 0.326 e. The van der Waals surface area contributed by atoms with E-state index in [9.17, 15) is 9.36 Å². The quantitative estimate of drug-likeness (QED) is 0.242. The molecule has 6 heteroatoms. The standard InChI is InChI=1S/C23H40NO4P/c1-19(2)9-6-10-20(3)11-7-12-21(4)13-8-14-22(5)15-17-24-23(25)16-18-29(26,27)28/h9,11,13,15H,6-8,10,12,14,16-18H2,1-5H3,(H,24,25)(H2,26,27,28)/b20-11+,21-13+,22-15+. The Morgan fingerprint density at radius 1 is 0.759 bits per heavy atom. The smallest absolute Gasteiger partial charge is 0.326 e. The Hall–Kier alpha value is -1.42. The van der Waals surface area contributed by atoms with Crippen LogP contribution in [0.5, 0.6) is 0 Å². The van der Waals surface area contributed by atoms with Gasteiger partial charge in [0, 0.05) is 13.0 Å². The van der Waals surface area contributed by atoms with Crippen molar-refractivity contribution in [2.75, 3.05) is 12.7 Å². The second-order valence-corrected chi connectivity index (χ2v) is 9.77. The van der Waals surface area contributed by atoms with Crippen LogP contribution in [0, 0.1) is 0 Å². The third-order valence-corrected chi connectivity index (χ3v) is 5.34. The molecule has 1 amide bonds. The zero-order valence-electron chi connectivity index (χ0n) is 18.8. The summed E-state index contributed by atoms with van der Waals surface area (Å²) in [4.78, 5) is 29.0. The van der Waals surface area contributed by atoms with Gasteiger partial charge in [-0.25, -0.2) is 0 Å². The molecule has 29 heavy (non-hydrogen) atoms. The Morgan fingerprint density at radius 3 is 1.66 bits per heavy atom. The molecule has 0 saturated heterocycles. The van der Waals surface area contributed by atoms with Gasteiger partial charge in [-0.15, -0.1) is 0 Å². The number of amides is 1. The van der Waals surface area contributed by atoms with Gasteiger partial charge in [-0.3, -0.25) is 9.36 Å². The summed E-state index contributed by atoms with van der Waals surface area (Å²) in [6.45, 7) is 11.1. The average molecular weight is 426 g/mol. The minimum Gasteiger partial charge on any atom is -0.353 e. The Labute approximate surface area is 177 Å². The van der Waals surface area contributed by atoms with Gasteiger partial charge in [-0.2, -0.15) is 0 Å². The van der Waals surface area contributed by atoms with Gasteiger partial charge < -0.3 is 15.1 Å². The summed E-state index contributed by atoms with van der Waals surface area (Å²) in [6.07, 6.45) is 14.6. The lowest BCUT2D eigenvalue weighted by Gasteiger charge is -2.05. The van der Waals surface area contributed by atoms with Gasteiger partial charge >= 0.3 is 7.60 Å². The highest BCUT2D eigenvalue weighted by Gasteiger charge is 2.14. The predicted octanol–water partition coefficient (Wildman–Crippen LogP) is 5.82. The van der Waals surface area contributed by atoms with E-state index in [0.29, 0.717) is 6.54 Å². The van der Waals surface area contributed by atoms with Gasteiger partial charge in [-0.1, -0.05) is 46.6 Å². The van der Waals surface area contributed by atoms with Crippen molar-refractivity contribution < 1.29 is 19.1 Å². The zero-order valence-corrected chi connectivity index (χ0v) is 19.7. The Bertz CT molecular complexity index is 664. The van der Waals surface area contributed by atoms with Crippen molar-refractivity contribution in [3.8, 4) is 0 Å². The van der Waals surface area contributed by atoms with Gasteiger partial charge in [0.05, 0.1) is 6.16 Å². The number of carbonyl (C=O) groups excluding carboxylic acids is 1. The fourth-order valence-corrected chi connectivity index (χ4v) is 3.16. The lowest BCUT2D eigenvalue weighted by molar-refractivity contribution is -0.120. The number of hydrogen-bond acceptors (Lipinski definition) is 2. The first kappa shape index (κ1) is 27.6. The molecule has 0 unspecified atom stereocenters. The number of carbonyl (C=O) groups is 1. The molecule has 0 saturated carbocycles. The normalized spacial score (nSPS) is 13.4. The van der Waals surface area contributed by atoms with E-state index in [1.807, 2.05) is 13.0 Å². The number of rotatable bonds is 14. The van der Waals surface area contributed by atoms with Crippen molar-refractivity contribution in [2.24, 2.45) is 0 Å². The van der Waals surface area contributed by atoms with Gasteiger partial charge in [0.1, 0.15) is 0 Å². The summed E-state index contributed by atoms with van der Waals surface area (Å²) in [5.41, 5.74) is 5.43. The van der Waals surface area contributed by atoms with Crippen LogP contribution in [0.4, 0.5) is 0 Å². The van der Waals surface area contributed by atoms with Gasteiger partial charge in [0.2, 0.25) is 5.91 Å². The third-order valence-electron chi connectivity index (χ3n) is 4.53. The van der Waals surface area contributed by atoms with E-state index in [2.05, 4.69) is 51.2 Å². The minimum absolute atomic E-state index is 0.151. The number of nitrogens with one attached hydrogen (secondary N) is 1. The Morgan fingerprint density at radius 2 is 1.21 bits per heavy atom. The van der Waals surface area contributed by atoms with Crippen LogP contribution in [0.15, 0.2) is 46.6 Å². The minimum atomic E-state index is -4.11. The first-order valence-electron chi connectivity index (χ1n) is 10.4. The molecule has 0 radical (unpaired) electrons. The van der Waals surface area contributed by atoms with Crippen LogP contribution in [0.1, 0.15) is 79.6 Å². The highest BCUT2D eigenvalue weighted by Crippen LogP contribution is 2.34. The monoisotopic (exact) mass is 425 g/mol. The topological polar surface area (TPSA) is 86.6 Å². The van der Waals surface area contributed by atoms with E-state index < -0.39 is 13.8 Å². The Kier molecular flexibility index (Phi) is 14.7. The maximum atomic E-state index is 11.5. The van der Waals surface area contributed by atoms with E-state index in [4.69, 9.17) is 9.79 Å². The second-order valence-electron chi connectivity index (χ2n) is 7.99. The first-order chi connectivity index (χ1) is 13.5. The van der Waals surface area contributed by atoms with Crippen molar-refractivity contribution in [1.82, 2.24) is 5.32 Å². The molecule has 0 aliphatic heterocycles.